The Labute approximate surface area is 99.9 Å². The average molecular weight is 235 g/mol. The minimum atomic E-state index is -1.12. The lowest BCUT2D eigenvalue weighted by Crippen LogP contribution is -2.25. The van der Waals surface area contributed by atoms with E-state index >= 15 is 0 Å². The number of rotatable bonds is 2. The van der Waals surface area contributed by atoms with Crippen LogP contribution in [-0.4, -0.2) is 15.6 Å². The summed E-state index contributed by atoms with van der Waals surface area (Å²) in [6.45, 7) is 2.68. The van der Waals surface area contributed by atoms with Gasteiger partial charge in [0.15, 0.2) is 5.43 Å². The topological polar surface area (TPSA) is 59.3 Å². The Morgan fingerprint density at radius 3 is 2.71 bits per heavy atom. The number of carbonyl (C=O) groups is 1. The van der Waals surface area contributed by atoms with E-state index in [4.69, 9.17) is 5.11 Å². The molecule has 0 fully saturated rings. The molecule has 0 aromatic carbocycles. The summed E-state index contributed by atoms with van der Waals surface area (Å²) in [4.78, 5) is 23.1. The summed E-state index contributed by atoms with van der Waals surface area (Å²) in [6, 6.07) is 0. The van der Waals surface area contributed by atoms with E-state index in [2.05, 4.69) is 0 Å². The van der Waals surface area contributed by atoms with Crippen LogP contribution in [0.3, 0.4) is 0 Å². The van der Waals surface area contributed by atoms with Crippen molar-refractivity contribution in [2.45, 2.75) is 45.6 Å². The van der Waals surface area contributed by atoms with Crippen molar-refractivity contribution in [1.82, 2.24) is 4.57 Å². The molecule has 2 rings (SSSR count). The zero-order valence-electron chi connectivity index (χ0n) is 10.0. The molecule has 1 N–H and O–H groups in total. The number of aryl methyl sites for hydroxylation is 1. The van der Waals surface area contributed by atoms with Gasteiger partial charge in [-0.15, -0.1) is 0 Å². The number of aromatic carboxylic acids is 1. The lowest BCUT2D eigenvalue weighted by atomic mass is 10.0. The maximum Gasteiger partial charge on any atom is 0.341 e. The quantitative estimate of drug-likeness (QED) is 0.796. The fourth-order valence-electron chi connectivity index (χ4n) is 2.52. The molecular weight excluding hydrogens is 218 g/mol. The number of carboxylic acid groups (broad SMARTS) is 1. The summed E-state index contributed by atoms with van der Waals surface area (Å²) in [7, 11) is 0. The lowest BCUT2D eigenvalue weighted by molar-refractivity contribution is 0.0694. The molecule has 0 bridgehead atoms. The molecule has 0 unspecified atom stereocenters. The molecule has 4 nitrogen and oxygen atoms in total. The first-order chi connectivity index (χ1) is 8.15. The van der Waals surface area contributed by atoms with Gasteiger partial charge in [-0.2, -0.15) is 0 Å². The standard InChI is InChI=1S/C13H17NO3/c1-2-14-8-10(13(16)17)12(15)9-6-4-3-5-7-11(9)14/h8H,2-7H2,1H3,(H,16,17). The minimum absolute atomic E-state index is 0.0903. The third-order valence-corrected chi connectivity index (χ3v) is 3.41. The van der Waals surface area contributed by atoms with Gasteiger partial charge < -0.3 is 9.67 Å². The van der Waals surface area contributed by atoms with E-state index in [1.807, 2.05) is 11.5 Å². The van der Waals surface area contributed by atoms with Crippen LogP contribution < -0.4 is 5.43 Å². The molecule has 0 amide bonds. The fraction of sp³-hybridized carbons (Fsp3) is 0.538. The summed E-state index contributed by atoms with van der Waals surface area (Å²) < 4.78 is 1.92. The van der Waals surface area contributed by atoms with Gasteiger partial charge in [-0.1, -0.05) is 6.42 Å². The van der Waals surface area contributed by atoms with E-state index in [1.54, 1.807) is 0 Å². The Hall–Kier alpha value is -1.58. The zero-order chi connectivity index (χ0) is 12.4. The third-order valence-electron chi connectivity index (χ3n) is 3.41. The van der Waals surface area contributed by atoms with E-state index in [0.717, 1.165) is 43.4 Å². The molecule has 1 aromatic heterocycles. The van der Waals surface area contributed by atoms with Crippen molar-refractivity contribution in [2.24, 2.45) is 0 Å². The maximum atomic E-state index is 12.1. The second kappa shape index (κ2) is 4.73. The summed E-state index contributed by atoms with van der Waals surface area (Å²) in [5, 5.41) is 9.04. The minimum Gasteiger partial charge on any atom is -0.477 e. The smallest absolute Gasteiger partial charge is 0.341 e. The van der Waals surface area contributed by atoms with Crippen molar-refractivity contribution in [2.75, 3.05) is 0 Å². The van der Waals surface area contributed by atoms with Crippen molar-refractivity contribution in [3.05, 3.63) is 33.2 Å². The van der Waals surface area contributed by atoms with E-state index in [0.29, 0.717) is 6.54 Å². The third kappa shape index (κ3) is 2.12. The van der Waals surface area contributed by atoms with Crippen molar-refractivity contribution in [3.63, 3.8) is 0 Å². The molecule has 1 heterocycles. The Balaban J connectivity index is 2.67. The summed E-state index contributed by atoms with van der Waals surface area (Å²) >= 11 is 0. The van der Waals surface area contributed by atoms with Gasteiger partial charge in [-0.3, -0.25) is 4.79 Å². The molecule has 0 spiro atoms. The SMILES string of the molecule is CCn1cc(C(=O)O)c(=O)c2c1CCCCC2. The van der Waals surface area contributed by atoms with Gasteiger partial charge in [0.25, 0.3) is 0 Å². The molecule has 0 saturated carbocycles. The average Bonchev–Trinajstić information content (AvgIpc) is 2.55. The summed E-state index contributed by atoms with van der Waals surface area (Å²) in [6.07, 6.45) is 6.27. The van der Waals surface area contributed by atoms with Gasteiger partial charge in [0.05, 0.1) is 0 Å². The van der Waals surface area contributed by atoms with Crippen LogP contribution in [0.5, 0.6) is 0 Å². The molecular formula is C13H17NO3. The van der Waals surface area contributed by atoms with Crippen LogP contribution in [0.25, 0.3) is 0 Å². The van der Waals surface area contributed by atoms with Crippen LogP contribution in [0.1, 0.15) is 47.8 Å². The molecule has 0 radical (unpaired) electrons. The van der Waals surface area contributed by atoms with E-state index < -0.39 is 5.97 Å². The molecule has 1 aliphatic rings. The zero-order valence-corrected chi connectivity index (χ0v) is 10.0. The first-order valence-corrected chi connectivity index (χ1v) is 6.13. The van der Waals surface area contributed by atoms with Crippen molar-refractivity contribution in [3.8, 4) is 0 Å². The monoisotopic (exact) mass is 235 g/mol. The molecule has 0 atom stereocenters. The number of nitrogens with zero attached hydrogens (tertiary/aromatic N) is 1. The Morgan fingerprint density at radius 1 is 1.35 bits per heavy atom. The van der Waals surface area contributed by atoms with Crippen molar-refractivity contribution >= 4 is 5.97 Å². The molecule has 92 valence electrons. The Bertz CT molecular complexity index is 502. The van der Waals surface area contributed by atoms with Gasteiger partial charge in [-0.25, -0.2) is 4.79 Å². The highest BCUT2D eigenvalue weighted by molar-refractivity contribution is 5.87. The molecule has 17 heavy (non-hydrogen) atoms. The number of hydrogen-bond acceptors (Lipinski definition) is 2. The van der Waals surface area contributed by atoms with Crippen LogP contribution in [-0.2, 0) is 19.4 Å². The van der Waals surface area contributed by atoms with E-state index in [1.165, 1.54) is 6.20 Å². The van der Waals surface area contributed by atoms with Gasteiger partial charge in [0, 0.05) is 24.0 Å². The van der Waals surface area contributed by atoms with Crippen LogP contribution in [0, 0.1) is 0 Å². The second-order valence-electron chi connectivity index (χ2n) is 4.45. The Kier molecular flexibility index (Phi) is 3.31. The largest absolute Gasteiger partial charge is 0.477 e. The maximum absolute atomic E-state index is 12.1. The number of aromatic nitrogens is 1. The molecule has 1 aromatic rings. The van der Waals surface area contributed by atoms with E-state index in [-0.39, 0.29) is 11.0 Å². The highest BCUT2D eigenvalue weighted by Gasteiger charge is 2.19. The van der Waals surface area contributed by atoms with E-state index in [9.17, 15) is 9.59 Å². The first kappa shape index (κ1) is 11.9. The predicted molar refractivity (Wildman–Crippen MR) is 64.6 cm³/mol. The predicted octanol–water partition coefficient (Wildman–Crippen LogP) is 1.84. The summed E-state index contributed by atoms with van der Waals surface area (Å²) in [5.41, 5.74) is 1.40. The van der Waals surface area contributed by atoms with Gasteiger partial charge in [-0.05, 0) is 32.6 Å². The molecule has 0 aliphatic heterocycles. The van der Waals surface area contributed by atoms with Crippen LogP contribution >= 0.6 is 0 Å². The molecule has 1 aliphatic carbocycles. The molecule has 4 heteroatoms. The first-order valence-electron chi connectivity index (χ1n) is 6.13. The van der Waals surface area contributed by atoms with Gasteiger partial charge >= 0.3 is 5.97 Å². The summed E-state index contributed by atoms with van der Waals surface area (Å²) in [5.74, 6) is -1.12. The van der Waals surface area contributed by atoms with Gasteiger partial charge in [0.1, 0.15) is 5.56 Å². The van der Waals surface area contributed by atoms with Gasteiger partial charge in [0.2, 0.25) is 0 Å². The number of carboxylic acids is 1. The highest BCUT2D eigenvalue weighted by atomic mass is 16.4. The fourth-order valence-corrected chi connectivity index (χ4v) is 2.52. The lowest BCUT2D eigenvalue weighted by Gasteiger charge is -2.15. The number of hydrogen-bond donors (Lipinski definition) is 1. The second-order valence-corrected chi connectivity index (χ2v) is 4.45. The van der Waals surface area contributed by atoms with Crippen molar-refractivity contribution in [1.29, 1.82) is 0 Å². The highest BCUT2D eigenvalue weighted by Crippen LogP contribution is 2.18. The van der Waals surface area contributed by atoms with Crippen LogP contribution in [0.15, 0.2) is 11.0 Å². The van der Waals surface area contributed by atoms with Crippen LogP contribution in [0.2, 0.25) is 0 Å². The van der Waals surface area contributed by atoms with Crippen LogP contribution in [0.4, 0.5) is 0 Å². The molecule has 0 saturated heterocycles. The Morgan fingerprint density at radius 2 is 2.06 bits per heavy atom. The number of pyridine rings is 1. The van der Waals surface area contributed by atoms with Crippen molar-refractivity contribution < 1.29 is 9.90 Å². The normalized spacial score (nSPS) is 15.1. The number of fused-ring (bicyclic) bond motifs is 1.